The van der Waals surface area contributed by atoms with Gasteiger partial charge in [0.2, 0.25) is 5.79 Å². The zero-order chi connectivity index (χ0) is 19.3. The van der Waals surface area contributed by atoms with Gasteiger partial charge >= 0.3 is 11.9 Å². The number of fused-ring (bicyclic) bond motifs is 2. The van der Waals surface area contributed by atoms with Gasteiger partial charge in [-0.1, -0.05) is 19.9 Å². The van der Waals surface area contributed by atoms with Crippen LogP contribution in [0, 0.1) is 17.3 Å². The minimum atomic E-state index is -0.893. The predicted octanol–water partition coefficient (Wildman–Crippen LogP) is 3.93. The van der Waals surface area contributed by atoms with Crippen molar-refractivity contribution in [2.75, 3.05) is 7.11 Å². The highest BCUT2D eigenvalue weighted by atomic mass is 16.7. The molecule has 5 heteroatoms. The molecule has 0 aromatic carbocycles. The van der Waals surface area contributed by atoms with Gasteiger partial charge in [0.1, 0.15) is 6.10 Å². The molecule has 0 bridgehead atoms. The molecule has 5 atom stereocenters. The van der Waals surface area contributed by atoms with E-state index < -0.39 is 5.79 Å². The molecule has 2 aliphatic carbocycles. The molecule has 0 radical (unpaired) electrons. The Bertz CT molecular complexity index is 691. The van der Waals surface area contributed by atoms with Crippen LogP contribution in [0.2, 0.25) is 0 Å². The Balaban J connectivity index is 1.87. The summed E-state index contributed by atoms with van der Waals surface area (Å²) in [5.41, 5.74) is 2.22. The molecule has 0 amide bonds. The van der Waals surface area contributed by atoms with E-state index in [1.807, 2.05) is 13.8 Å². The highest BCUT2D eigenvalue weighted by Gasteiger charge is 2.60. The third-order valence-corrected chi connectivity index (χ3v) is 7.22. The van der Waals surface area contributed by atoms with Crippen molar-refractivity contribution in [3.63, 3.8) is 0 Å². The monoisotopic (exact) mass is 362 g/mol. The molecule has 144 valence electrons. The molecule has 0 saturated heterocycles. The van der Waals surface area contributed by atoms with E-state index in [-0.39, 0.29) is 29.4 Å². The van der Waals surface area contributed by atoms with Crippen LogP contribution in [0.25, 0.3) is 0 Å². The van der Waals surface area contributed by atoms with Gasteiger partial charge in [-0.05, 0) is 57.3 Å². The van der Waals surface area contributed by atoms with Crippen LogP contribution in [0.3, 0.4) is 0 Å². The quantitative estimate of drug-likeness (QED) is 0.562. The third kappa shape index (κ3) is 2.72. The van der Waals surface area contributed by atoms with Gasteiger partial charge in [-0.3, -0.25) is 0 Å². The second kappa shape index (κ2) is 6.52. The molecule has 0 unspecified atom stereocenters. The fraction of sp³-hybridized carbons (Fsp3) is 0.714. The van der Waals surface area contributed by atoms with Crippen LogP contribution < -0.4 is 0 Å². The number of hydrogen-bond acceptors (Lipinski definition) is 5. The lowest BCUT2D eigenvalue weighted by Gasteiger charge is -2.55. The average molecular weight is 362 g/mol. The molecule has 2 saturated carbocycles. The molecule has 0 aromatic heterocycles. The Hall–Kier alpha value is -1.62. The minimum Gasteiger partial charge on any atom is -0.459 e. The highest BCUT2D eigenvalue weighted by molar-refractivity contribution is 5.92. The SMILES string of the molecule is C/C=C(/C)C(=O)O[C@H]1CC[C@@H]2C[C@@]3(OC)OC(=O)C(C)=C3C[C@]2(C)[C@H]1C. The van der Waals surface area contributed by atoms with E-state index in [1.165, 1.54) is 0 Å². The lowest BCUT2D eigenvalue weighted by atomic mass is 9.53. The first-order valence-electron chi connectivity index (χ1n) is 9.51. The summed E-state index contributed by atoms with van der Waals surface area (Å²) in [5.74, 6) is -0.846. The van der Waals surface area contributed by atoms with Crippen LogP contribution in [0.5, 0.6) is 0 Å². The van der Waals surface area contributed by atoms with Crippen molar-refractivity contribution in [3.05, 3.63) is 22.8 Å². The van der Waals surface area contributed by atoms with E-state index in [0.29, 0.717) is 23.5 Å². The van der Waals surface area contributed by atoms with Gasteiger partial charge in [0.15, 0.2) is 0 Å². The minimum absolute atomic E-state index is 0.0559. The molecule has 1 heterocycles. The van der Waals surface area contributed by atoms with E-state index in [0.717, 1.165) is 24.8 Å². The van der Waals surface area contributed by atoms with Gasteiger partial charge in [-0.2, -0.15) is 0 Å². The molecule has 5 nitrogen and oxygen atoms in total. The number of ether oxygens (including phenoxy) is 3. The standard InChI is InChI=1S/C21H30O5/c1-7-12(2)18(22)25-17-9-8-15-10-21(24-6)16(13(3)19(23)26-21)11-20(15,5)14(17)4/h7,14-15,17H,8-11H2,1-6H3/b12-7-/t14-,15+,17-,20+,21+/m0/s1. The second-order valence-electron chi connectivity index (χ2n) is 8.32. The van der Waals surface area contributed by atoms with Crippen LogP contribution in [-0.2, 0) is 23.8 Å². The van der Waals surface area contributed by atoms with E-state index >= 15 is 0 Å². The number of carbonyl (C=O) groups is 2. The molecular weight excluding hydrogens is 332 g/mol. The van der Waals surface area contributed by atoms with Gasteiger partial charge in [-0.15, -0.1) is 0 Å². The molecular formula is C21H30O5. The van der Waals surface area contributed by atoms with Crippen LogP contribution in [0.4, 0.5) is 0 Å². The number of carbonyl (C=O) groups excluding carboxylic acids is 2. The predicted molar refractivity (Wildman–Crippen MR) is 97.1 cm³/mol. The maximum absolute atomic E-state index is 12.2. The maximum Gasteiger partial charge on any atom is 0.336 e. The van der Waals surface area contributed by atoms with Crippen molar-refractivity contribution >= 4 is 11.9 Å². The normalized spacial score (nSPS) is 40.0. The molecule has 3 rings (SSSR count). The van der Waals surface area contributed by atoms with Crippen molar-refractivity contribution in [2.24, 2.45) is 17.3 Å². The summed E-state index contributed by atoms with van der Waals surface area (Å²) in [5, 5.41) is 0. The number of rotatable bonds is 3. The zero-order valence-electron chi connectivity index (χ0n) is 16.7. The molecule has 3 aliphatic rings. The number of hydrogen-bond donors (Lipinski definition) is 0. The smallest absolute Gasteiger partial charge is 0.336 e. The topological polar surface area (TPSA) is 61.8 Å². The fourth-order valence-electron chi connectivity index (χ4n) is 4.97. The third-order valence-electron chi connectivity index (χ3n) is 7.22. The van der Waals surface area contributed by atoms with Crippen LogP contribution in [0.1, 0.15) is 60.3 Å². The number of esters is 2. The Morgan fingerprint density at radius 3 is 2.65 bits per heavy atom. The first-order chi connectivity index (χ1) is 12.2. The lowest BCUT2D eigenvalue weighted by Crippen LogP contribution is -2.54. The van der Waals surface area contributed by atoms with Crippen molar-refractivity contribution in [2.45, 2.75) is 72.2 Å². The molecule has 26 heavy (non-hydrogen) atoms. The number of allylic oxidation sites excluding steroid dienone is 1. The van der Waals surface area contributed by atoms with E-state index in [2.05, 4.69) is 13.8 Å². The van der Waals surface area contributed by atoms with Crippen molar-refractivity contribution in [1.82, 2.24) is 0 Å². The largest absolute Gasteiger partial charge is 0.459 e. The van der Waals surface area contributed by atoms with Gasteiger partial charge < -0.3 is 14.2 Å². The molecule has 0 spiro atoms. The van der Waals surface area contributed by atoms with Crippen molar-refractivity contribution in [3.8, 4) is 0 Å². The Kier molecular flexibility index (Phi) is 4.80. The average Bonchev–Trinajstić information content (AvgIpc) is 2.86. The summed E-state index contributed by atoms with van der Waals surface area (Å²) in [6.07, 6.45) is 4.85. The van der Waals surface area contributed by atoms with Gasteiger partial charge in [0, 0.05) is 30.2 Å². The lowest BCUT2D eigenvalue weighted by molar-refractivity contribution is -0.222. The van der Waals surface area contributed by atoms with Crippen LogP contribution >= 0.6 is 0 Å². The van der Waals surface area contributed by atoms with E-state index in [1.54, 1.807) is 20.1 Å². The van der Waals surface area contributed by atoms with Crippen LogP contribution in [-0.4, -0.2) is 30.9 Å². The summed E-state index contributed by atoms with van der Waals surface area (Å²) >= 11 is 0. The van der Waals surface area contributed by atoms with Gasteiger partial charge in [-0.25, -0.2) is 9.59 Å². The van der Waals surface area contributed by atoms with Crippen LogP contribution in [0.15, 0.2) is 22.8 Å². The van der Waals surface area contributed by atoms with E-state index in [9.17, 15) is 9.59 Å². The first kappa shape index (κ1) is 19.2. The van der Waals surface area contributed by atoms with E-state index in [4.69, 9.17) is 14.2 Å². The molecule has 2 fully saturated rings. The second-order valence-corrected chi connectivity index (χ2v) is 8.32. The molecule has 0 N–H and O–H groups in total. The Labute approximate surface area is 155 Å². The summed E-state index contributed by atoms with van der Waals surface area (Å²) in [6.45, 7) is 9.87. The van der Waals surface area contributed by atoms with Gasteiger partial charge in [0.05, 0.1) is 0 Å². The summed E-state index contributed by atoms with van der Waals surface area (Å²) < 4.78 is 17.2. The summed E-state index contributed by atoms with van der Waals surface area (Å²) in [4.78, 5) is 24.4. The highest BCUT2D eigenvalue weighted by Crippen LogP contribution is 2.60. The fourth-order valence-corrected chi connectivity index (χ4v) is 4.97. The number of methoxy groups -OCH3 is 1. The summed E-state index contributed by atoms with van der Waals surface area (Å²) in [6, 6.07) is 0. The Morgan fingerprint density at radius 1 is 1.35 bits per heavy atom. The molecule has 0 aromatic rings. The van der Waals surface area contributed by atoms with Crippen molar-refractivity contribution in [1.29, 1.82) is 0 Å². The Morgan fingerprint density at radius 2 is 2.04 bits per heavy atom. The maximum atomic E-state index is 12.2. The first-order valence-corrected chi connectivity index (χ1v) is 9.51. The molecule has 1 aliphatic heterocycles. The van der Waals surface area contributed by atoms with Gasteiger partial charge in [0.25, 0.3) is 0 Å². The summed E-state index contributed by atoms with van der Waals surface area (Å²) in [7, 11) is 1.62. The van der Waals surface area contributed by atoms with Crippen molar-refractivity contribution < 1.29 is 23.8 Å². The zero-order valence-corrected chi connectivity index (χ0v) is 16.7.